The topological polar surface area (TPSA) is 105 Å². The number of rotatable bonds is 7. The van der Waals surface area contributed by atoms with Gasteiger partial charge in [0.05, 0.1) is 12.1 Å². The van der Waals surface area contributed by atoms with Crippen molar-refractivity contribution in [2.24, 2.45) is 0 Å². The summed E-state index contributed by atoms with van der Waals surface area (Å²) in [6.45, 7) is 0. The van der Waals surface area contributed by atoms with Crippen LogP contribution in [0.25, 0.3) is 5.69 Å². The third-order valence-corrected chi connectivity index (χ3v) is 8.12. The summed E-state index contributed by atoms with van der Waals surface area (Å²) in [7, 11) is 0. The first-order chi connectivity index (χ1) is 16.5. The minimum atomic E-state index is -1.16. The van der Waals surface area contributed by atoms with Crippen molar-refractivity contribution in [1.29, 1.82) is 0 Å². The molecule has 2 amide bonds. The Bertz CT molecular complexity index is 1280. The monoisotopic (exact) mass is 492 g/mol. The number of β-lactam (4-membered cyclic amide) rings is 1. The van der Waals surface area contributed by atoms with Crippen molar-refractivity contribution in [2.75, 3.05) is 5.75 Å². The molecule has 1 aromatic heterocycles. The van der Waals surface area contributed by atoms with Crippen LogP contribution >= 0.6 is 23.5 Å². The molecule has 0 radical (unpaired) electrons. The van der Waals surface area contributed by atoms with Crippen molar-refractivity contribution >= 4 is 41.3 Å². The molecular formula is C24H20N4O4S2. The van der Waals surface area contributed by atoms with Gasteiger partial charge in [0.15, 0.2) is 0 Å². The van der Waals surface area contributed by atoms with E-state index in [1.165, 1.54) is 28.4 Å². The third-order valence-electron chi connectivity index (χ3n) is 5.51. The van der Waals surface area contributed by atoms with Crippen LogP contribution in [0, 0.1) is 0 Å². The predicted molar refractivity (Wildman–Crippen MR) is 129 cm³/mol. The quantitative estimate of drug-likeness (QED) is 0.489. The van der Waals surface area contributed by atoms with E-state index < -0.39 is 23.3 Å². The smallest absolute Gasteiger partial charge is 0.353 e. The Morgan fingerprint density at radius 2 is 1.88 bits per heavy atom. The molecule has 0 bridgehead atoms. The number of benzene rings is 2. The van der Waals surface area contributed by atoms with Crippen LogP contribution in [0.5, 0.6) is 0 Å². The second-order valence-corrected chi connectivity index (χ2v) is 9.96. The van der Waals surface area contributed by atoms with E-state index in [1.807, 2.05) is 66.9 Å². The lowest BCUT2D eigenvalue weighted by Gasteiger charge is -2.49. The van der Waals surface area contributed by atoms with Gasteiger partial charge in [0.25, 0.3) is 5.91 Å². The number of aromatic nitrogens is 2. The van der Waals surface area contributed by atoms with E-state index in [1.54, 1.807) is 10.9 Å². The molecule has 0 aliphatic carbocycles. The molecule has 5 rings (SSSR count). The Labute approximate surface area is 204 Å². The molecule has 2 aliphatic rings. The van der Waals surface area contributed by atoms with Gasteiger partial charge >= 0.3 is 5.97 Å². The molecule has 3 aromatic rings. The predicted octanol–water partition coefficient (Wildman–Crippen LogP) is 2.90. The van der Waals surface area contributed by atoms with Gasteiger partial charge in [-0.1, -0.05) is 54.2 Å². The number of amides is 2. The van der Waals surface area contributed by atoms with Crippen molar-refractivity contribution in [1.82, 2.24) is 20.0 Å². The fourth-order valence-corrected chi connectivity index (χ4v) is 6.55. The van der Waals surface area contributed by atoms with E-state index in [9.17, 15) is 19.5 Å². The molecule has 34 heavy (non-hydrogen) atoms. The van der Waals surface area contributed by atoms with Gasteiger partial charge in [-0.25, -0.2) is 9.48 Å². The number of fused-ring (bicyclic) bond motifs is 1. The van der Waals surface area contributed by atoms with Gasteiger partial charge in [0.1, 0.15) is 17.1 Å². The number of nitrogens with one attached hydrogen (secondary N) is 1. The zero-order chi connectivity index (χ0) is 23.7. The Morgan fingerprint density at radius 3 is 2.62 bits per heavy atom. The summed E-state index contributed by atoms with van der Waals surface area (Å²) < 4.78 is 1.72. The highest BCUT2D eigenvalue weighted by atomic mass is 32.2. The van der Waals surface area contributed by atoms with E-state index in [0.29, 0.717) is 10.7 Å². The average Bonchev–Trinajstić information content (AvgIpc) is 3.38. The van der Waals surface area contributed by atoms with Crippen LogP contribution in [-0.4, -0.2) is 54.7 Å². The first-order valence-corrected chi connectivity index (χ1v) is 12.4. The van der Waals surface area contributed by atoms with Crippen LogP contribution in [0.15, 0.2) is 88.6 Å². The standard InChI is InChI=1S/C24H20N4O4S2/c29-19(13-15-7-2-1-3-8-15)26-20-22(30)28-21(24(31)32)18(14-33-23(20)28)34-17-10-5-4-9-16(17)27-12-6-11-25-27/h1-12,20,23H,13-14H2,(H,26,29)(H,31,32)/t20-,23-/m1/s1. The molecule has 2 atom stereocenters. The van der Waals surface area contributed by atoms with E-state index in [2.05, 4.69) is 10.4 Å². The Morgan fingerprint density at radius 1 is 1.12 bits per heavy atom. The minimum Gasteiger partial charge on any atom is -0.477 e. The first kappa shape index (κ1) is 22.3. The molecule has 0 spiro atoms. The van der Waals surface area contributed by atoms with E-state index in [4.69, 9.17) is 0 Å². The van der Waals surface area contributed by atoms with Crippen molar-refractivity contribution in [3.63, 3.8) is 0 Å². The normalized spacial score (nSPS) is 19.4. The van der Waals surface area contributed by atoms with Gasteiger partial charge in [-0.05, 0) is 23.8 Å². The Hall–Kier alpha value is -3.50. The third kappa shape index (κ3) is 4.22. The zero-order valence-electron chi connectivity index (χ0n) is 17.8. The number of carbonyl (C=O) groups is 3. The lowest BCUT2D eigenvalue weighted by molar-refractivity contribution is -0.150. The van der Waals surface area contributed by atoms with Crippen molar-refractivity contribution < 1.29 is 19.5 Å². The lowest BCUT2D eigenvalue weighted by atomic mass is 10.0. The van der Waals surface area contributed by atoms with E-state index in [-0.39, 0.29) is 18.0 Å². The zero-order valence-corrected chi connectivity index (χ0v) is 19.5. The number of para-hydroxylation sites is 1. The van der Waals surface area contributed by atoms with Crippen LogP contribution in [0.4, 0.5) is 0 Å². The van der Waals surface area contributed by atoms with Crippen molar-refractivity contribution in [3.8, 4) is 5.69 Å². The molecule has 10 heteroatoms. The van der Waals surface area contributed by atoms with Gasteiger partial charge in [0, 0.05) is 27.9 Å². The molecule has 8 nitrogen and oxygen atoms in total. The minimum absolute atomic E-state index is 0.0254. The summed E-state index contributed by atoms with van der Waals surface area (Å²) in [5.41, 5.74) is 1.64. The van der Waals surface area contributed by atoms with Gasteiger partial charge in [-0.15, -0.1) is 11.8 Å². The first-order valence-electron chi connectivity index (χ1n) is 10.5. The molecular weight excluding hydrogens is 472 g/mol. The van der Waals surface area contributed by atoms with E-state index in [0.717, 1.165) is 16.1 Å². The maximum Gasteiger partial charge on any atom is 0.353 e. The molecule has 1 saturated heterocycles. The largest absolute Gasteiger partial charge is 0.477 e. The SMILES string of the molecule is O=C(Cc1ccccc1)N[C@@H]1C(=O)N2C(C(=O)O)=C(Sc3ccccc3-n3cccn3)CS[C@H]12. The number of carboxylic acids is 1. The van der Waals surface area contributed by atoms with Gasteiger partial charge in [0.2, 0.25) is 5.91 Å². The van der Waals surface area contributed by atoms with Crippen molar-refractivity contribution in [2.45, 2.75) is 22.7 Å². The number of carboxylic acid groups (broad SMARTS) is 1. The summed E-state index contributed by atoms with van der Waals surface area (Å²) in [6, 6.07) is 17.9. The van der Waals surface area contributed by atoms with Gasteiger partial charge in [-0.2, -0.15) is 5.10 Å². The molecule has 3 heterocycles. The molecule has 2 N–H and O–H groups in total. The van der Waals surface area contributed by atoms with Crippen LogP contribution in [-0.2, 0) is 20.8 Å². The molecule has 172 valence electrons. The van der Waals surface area contributed by atoms with Gasteiger partial charge in [-0.3, -0.25) is 14.5 Å². The summed E-state index contributed by atoms with van der Waals surface area (Å²) >= 11 is 2.77. The summed E-state index contributed by atoms with van der Waals surface area (Å²) in [5, 5.41) is 16.6. The second kappa shape index (κ2) is 9.40. The summed E-state index contributed by atoms with van der Waals surface area (Å²) in [5.74, 6) is -1.42. The number of hydrogen-bond donors (Lipinski definition) is 2. The van der Waals surface area contributed by atoms with Crippen LogP contribution in [0.3, 0.4) is 0 Å². The molecule has 0 saturated carbocycles. The highest BCUT2D eigenvalue weighted by Gasteiger charge is 2.54. The highest BCUT2D eigenvalue weighted by molar-refractivity contribution is 8.06. The number of carbonyl (C=O) groups excluding carboxylic acids is 2. The van der Waals surface area contributed by atoms with E-state index >= 15 is 0 Å². The number of hydrogen-bond acceptors (Lipinski definition) is 6. The van der Waals surface area contributed by atoms with Gasteiger partial charge < -0.3 is 10.4 Å². The molecule has 2 aliphatic heterocycles. The van der Waals surface area contributed by atoms with Crippen LogP contribution in [0.1, 0.15) is 5.56 Å². The lowest BCUT2D eigenvalue weighted by Crippen LogP contribution is -2.70. The van der Waals surface area contributed by atoms with Crippen LogP contribution in [0.2, 0.25) is 0 Å². The van der Waals surface area contributed by atoms with Crippen LogP contribution < -0.4 is 5.32 Å². The number of thioether (sulfide) groups is 2. The molecule has 2 aromatic carbocycles. The maximum atomic E-state index is 12.9. The number of nitrogens with zero attached hydrogens (tertiary/aromatic N) is 3. The van der Waals surface area contributed by atoms with Crippen molar-refractivity contribution in [3.05, 3.63) is 89.2 Å². The summed E-state index contributed by atoms with van der Waals surface area (Å²) in [4.78, 5) is 40.3. The fourth-order valence-electron chi connectivity index (χ4n) is 3.95. The summed E-state index contributed by atoms with van der Waals surface area (Å²) in [6.07, 6.45) is 3.66. The Kier molecular flexibility index (Phi) is 6.16. The average molecular weight is 493 g/mol. The Balaban J connectivity index is 1.35. The fraction of sp³-hybridized carbons (Fsp3) is 0.167. The molecule has 1 fully saturated rings. The number of aliphatic carboxylic acids is 1. The molecule has 0 unspecified atom stereocenters. The highest BCUT2D eigenvalue weighted by Crippen LogP contribution is 2.46. The maximum absolute atomic E-state index is 12.9. The second-order valence-electron chi connectivity index (χ2n) is 7.71.